The Labute approximate surface area is 173 Å². The van der Waals surface area contributed by atoms with Gasteiger partial charge in [0.15, 0.2) is 5.78 Å². The van der Waals surface area contributed by atoms with Crippen molar-refractivity contribution in [1.29, 1.82) is 0 Å². The molecule has 1 aromatic heterocycles. The van der Waals surface area contributed by atoms with Crippen molar-refractivity contribution < 1.29 is 9.59 Å². The van der Waals surface area contributed by atoms with Crippen LogP contribution >= 0.6 is 23.5 Å². The van der Waals surface area contributed by atoms with Gasteiger partial charge in [-0.2, -0.15) is 0 Å². The van der Waals surface area contributed by atoms with Crippen LogP contribution in [0.2, 0.25) is 0 Å². The van der Waals surface area contributed by atoms with Crippen LogP contribution in [0, 0.1) is 5.92 Å². The molecule has 2 aromatic rings. The van der Waals surface area contributed by atoms with Crippen molar-refractivity contribution in [2.75, 3.05) is 0 Å². The number of carbonyl (C=O) groups excluding carboxylic acids is 2. The molecule has 0 atom stereocenters. The maximum Gasteiger partial charge on any atom is 0.206 e. The highest BCUT2D eigenvalue weighted by Gasteiger charge is 2.34. The first-order valence-electron chi connectivity index (χ1n) is 9.59. The monoisotopic (exact) mass is 407 g/mol. The molecule has 0 radical (unpaired) electrons. The second-order valence-corrected chi connectivity index (χ2v) is 9.11. The van der Waals surface area contributed by atoms with Crippen molar-refractivity contribution in [3.63, 3.8) is 0 Å². The number of hydrogen-bond donors (Lipinski definition) is 0. The molecule has 2 aliphatic rings. The maximum atomic E-state index is 13.4. The molecule has 0 bridgehead atoms. The van der Waals surface area contributed by atoms with Crippen molar-refractivity contribution in [2.45, 2.75) is 42.0 Å². The van der Waals surface area contributed by atoms with Gasteiger partial charge in [-0.25, -0.2) is 4.98 Å². The summed E-state index contributed by atoms with van der Waals surface area (Å²) in [4.78, 5) is 32.9. The van der Waals surface area contributed by atoms with E-state index < -0.39 is 0 Å². The molecule has 2 aliphatic carbocycles. The van der Waals surface area contributed by atoms with Crippen molar-refractivity contribution in [2.24, 2.45) is 5.92 Å². The fourth-order valence-corrected chi connectivity index (χ4v) is 5.71. The Morgan fingerprint density at radius 1 is 0.857 bits per heavy atom. The summed E-state index contributed by atoms with van der Waals surface area (Å²) in [5.74, 6) is 0.115. The Kier molecular flexibility index (Phi) is 6.13. The van der Waals surface area contributed by atoms with Gasteiger partial charge in [0, 0.05) is 22.7 Å². The fraction of sp³-hybridized carbons (Fsp3) is 0.261. The lowest BCUT2D eigenvalue weighted by Gasteiger charge is -2.27. The lowest BCUT2D eigenvalue weighted by molar-refractivity contribution is -0.115. The minimum atomic E-state index is -0.0512. The summed E-state index contributed by atoms with van der Waals surface area (Å²) in [5, 5.41) is 0.748. The number of rotatable bonds is 5. The molecule has 3 nitrogen and oxygen atoms in total. The van der Waals surface area contributed by atoms with Crippen molar-refractivity contribution >= 4 is 35.1 Å². The van der Waals surface area contributed by atoms with E-state index in [2.05, 4.69) is 4.98 Å². The number of allylic oxidation sites excluding steroid dienone is 4. The smallest absolute Gasteiger partial charge is 0.206 e. The predicted molar refractivity (Wildman–Crippen MR) is 114 cm³/mol. The molecular formula is C23H21NO2S2. The number of thioether (sulfide) groups is 2. The van der Waals surface area contributed by atoms with Gasteiger partial charge >= 0.3 is 0 Å². The highest BCUT2D eigenvalue weighted by atomic mass is 32.2. The van der Waals surface area contributed by atoms with Gasteiger partial charge in [-0.3, -0.25) is 9.59 Å². The molecule has 0 unspecified atom stereocenters. The Morgan fingerprint density at radius 2 is 1.61 bits per heavy atom. The summed E-state index contributed by atoms with van der Waals surface area (Å²) in [7, 11) is 0. The quantitative estimate of drug-likeness (QED) is 0.583. The van der Waals surface area contributed by atoms with Crippen LogP contribution in [0.15, 0.2) is 86.1 Å². The number of Topliss-reactive ketones (excluding diaryl/α,β-unsaturated/α-hetero) is 1. The number of benzene rings is 1. The summed E-state index contributed by atoms with van der Waals surface area (Å²) < 4.78 is 0. The Morgan fingerprint density at radius 3 is 2.32 bits per heavy atom. The highest BCUT2D eigenvalue weighted by Crippen LogP contribution is 2.43. The number of nitrogens with zero attached hydrogens (tertiary/aromatic N) is 1. The molecule has 0 aliphatic heterocycles. The SMILES string of the molecule is O=C1C=C(Sc2ccccc2)C(=O)C(Sc2ccccn2)=C1C1CCCCC1. The summed E-state index contributed by atoms with van der Waals surface area (Å²) in [6.07, 6.45) is 8.67. The third kappa shape index (κ3) is 4.31. The molecule has 1 saturated carbocycles. The molecule has 5 heteroatoms. The zero-order chi connectivity index (χ0) is 19.3. The van der Waals surface area contributed by atoms with Crippen LogP contribution in [0.3, 0.4) is 0 Å². The van der Waals surface area contributed by atoms with Crippen LogP contribution in [0.5, 0.6) is 0 Å². The summed E-state index contributed by atoms with van der Waals surface area (Å²) >= 11 is 2.70. The second kappa shape index (κ2) is 8.93. The van der Waals surface area contributed by atoms with Gasteiger partial charge in [0.25, 0.3) is 0 Å². The Bertz CT molecular complexity index is 930. The normalized spacial score (nSPS) is 18.4. The molecule has 0 N–H and O–H groups in total. The third-order valence-electron chi connectivity index (χ3n) is 5.03. The molecule has 28 heavy (non-hydrogen) atoms. The Hall–Kier alpha value is -2.11. The first kappa shape index (κ1) is 19.2. The minimum Gasteiger partial charge on any atom is -0.290 e. The average molecular weight is 408 g/mol. The number of aromatic nitrogens is 1. The summed E-state index contributed by atoms with van der Waals surface area (Å²) in [6, 6.07) is 15.4. The van der Waals surface area contributed by atoms with Gasteiger partial charge in [0.2, 0.25) is 5.78 Å². The molecule has 1 aromatic carbocycles. The van der Waals surface area contributed by atoms with Crippen molar-refractivity contribution in [3.05, 3.63) is 76.2 Å². The molecule has 4 rings (SSSR count). The van der Waals surface area contributed by atoms with Crippen LogP contribution < -0.4 is 0 Å². The lowest BCUT2D eigenvalue weighted by atomic mass is 9.80. The number of ketones is 2. The van der Waals surface area contributed by atoms with Crippen LogP contribution in [-0.2, 0) is 9.59 Å². The zero-order valence-electron chi connectivity index (χ0n) is 15.5. The van der Waals surface area contributed by atoms with Crippen LogP contribution in [-0.4, -0.2) is 16.6 Å². The molecule has 0 spiro atoms. The van der Waals surface area contributed by atoms with E-state index in [9.17, 15) is 9.59 Å². The van der Waals surface area contributed by atoms with Gasteiger partial charge < -0.3 is 0 Å². The van der Waals surface area contributed by atoms with Crippen molar-refractivity contribution in [3.8, 4) is 0 Å². The first-order valence-corrected chi connectivity index (χ1v) is 11.2. The molecule has 1 fully saturated rings. The predicted octanol–water partition coefficient (Wildman–Crippen LogP) is 5.84. The lowest BCUT2D eigenvalue weighted by Crippen LogP contribution is -2.23. The Balaban J connectivity index is 1.69. The van der Waals surface area contributed by atoms with Crippen molar-refractivity contribution in [1.82, 2.24) is 4.98 Å². The molecular weight excluding hydrogens is 386 g/mol. The number of pyridine rings is 1. The van der Waals surface area contributed by atoms with Gasteiger partial charge in [0.1, 0.15) is 5.03 Å². The summed E-state index contributed by atoms with van der Waals surface area (Å²) in [5.41, 5.74) is 0.706. The van der Waals surface area contributed by atoms with E-state index in [0.717, 1.165) is 35.6 Å². The topological polar surface area (TPSA) is 47.0 Å². The van der Waals surface area contributed by atoms with Gasteiger partial charge in [-0.15, -0.1) is 0 Å². The fourth-order valence-electron chi connectivity index (χ4n) is 3.69. The summed E-state index contributed by atoms with van der Waals surface area (Å²) in [6.45, 7) is 0. The standard InChI is InChI=1S/C23H21NO2S2/c25-18-15-19(27-17-11-5-2-6-12-17)22(26)23(28-20-13-7-8-14-24-20)21(18)16-9-3-1-4-10-16/h2,5-8,11-16H,1,3-4,9-10H2. The van der Waals surface area contributed by atoms with Gasteiger partial charge in [-0.05, 0) is 43.0 Å². The van der Waals surface area contributed by atoms with E-state index in [1.165, 1.54) is 29.9 Å². The van der Waals surface area contributed by atoms with E-state index in [0.29, 0.717) is 15.4 Å². The number of carbonyl (C=O) groups is 2. The maximum absolute atomic E-state index is 13.4. The van der Waals surface area contributed by atoms with E-state index in [1.54, 1.807) is 12.3 Å². The highest BCUT2D eigenvalue weighted by molar-refractivity contribution is 8.06. The van der Waals surface area contributed by atoms with Crippen LogP contribution in [0.25, 0.3) is 0 Å². The third-order valence-corrected chi connectivity index (χ3v) is 7.12. The van der Waals surface area contributed by atoms with E-state index in [4.69, 9.17) is 0 Å². The largest absolute Gasteiger partial charge is 0.290 e. The average Bonchev–Trinajstić information content (AvgIpc) is 2.74. The second-order valence-electron chi connectivity index (χ2n) is 6.96. The van der Waals surface area contributed by atoms with Crippen LogP contribution in [0.4, 0.5) is 0 Å². The number of hydrogen-bond acceptors (Lipinski definition) is 5. The van der Waals surface area contributed by atoms with E-state index >= 15 is 0 Å². The first-order chi connectivity index (χ1) is 13.7. The molecule has 0 amide bonds. The van der Waals surface area contributed by atoms with E-state index in [-0.39, 0.29) is 17.5 Å². The minimum absolute atomic E-state index is 0.0108. The van der Waals surface area contributed by atoms with E-state index in [1.807, 2.05) is 48.5 Å². The van der Waals surface area contributed by atoms with Gasteiger partial charge in [-0.1, -0.05) is 67.1 Å². The van der Waals surface area contributed by atoms with Crippen LogP contribution in [0.1, 0.15) is 32.1 Å². The molecule has 1 heterocycles. The zero-order valence-corrected chi connectivity index (χ0v) is 17.1. The van der Waals surface area contributed by atoms with Gasteiger partial charge in [0.05, 0.1) is 9.81 Å². The molecule has 0 saturated heterocycles. The molecule has 142 valence electrons.